The van der Waals surface area contributed by atoms with Gasteiger partial charge in [0.05, 0.1) is 37.1 Å². The highest BCUT2D eigenvalue weighted by atomic mass is 16.3. The van der Waals surface area contributed by atoms with Crippen LogP contribution in [-0.4, -0.2) is 29.7 Å². The first-order valence-corrected chi connectivity index (χ1v) is 4.70. The molecule has 2 heterocycles. The van der Waals surface area contributed by atoms with Gasteiger partial charge in [-0.3, -0.25) is 0 Å². The van der Waals surface area contributed by atoms with Crippen molar-refractivity contribution in [1.29, 1.82) is 0 Å². The van der Waals surface area contributed by atoms with E-state index in [2.05, 4.69) is 15.3 Å². The number of aryl methyl sites for hydroxylation is 1. The lowest BCUT2D eigenvalue weighted by molar-refractivity contribution is 0.194. The van der Waals surface area contributed by atoms with Crippen molar-refractivity contribution < 1.29 is 5.11 Å². The minimum atomic E-state index is -0.578. The number of hydrogen-bond acceptors (Lipinski definition) is 4. The molecule has 0 spiro atoms. The number of aliphatic hydroxyl groups is 1. The van der Waals surface area contributed by atoms with E-state index in [-0.39, 0.29) is 0 Å². The largest absolute Gasteiger partial charge is 0.387 e. The summed E-state index contributed by atoms with van der Waals surface area (Å²) in [7, 11) is 1.93. The molecule has 0 amide bonds. The minimum Gasteiger partial charge on any atom is -0.387 e. The number of aromatic nitrogens is 5. The van der Waals surface area contributed by atoms with Crippen molar-refractivity contribution in [2.75, 3.05) is 0 Å². The van der Waals surface area contributed by atoms with Gasteiger partial charge in [0, 0.05) is 7.05 Å². The Morgan fingerprint density at radius 1 is 1.53 bits per heavy atom. The molecule has 6 heteroatoms. The second-order valence-corrected chi connectivity index (χ2v) is 3.51. The number of imidazole rings is 1. The van der Waals surface area contributed by atoms with Crippen LogP contribution in [0.1, 0.15) is 24.4 Å². The summed E-state index contributed by atoms with van der Waals surface area (Å²) in [5.74, 6) is 0. The van der Waals surface area contributed by atoms with E-state index in [9.17, 15) is 5.11 Å². The Balaban J connectivity index is 2.15. The number of hydrogen-bond donors (Lipinski definition) is 1. The van der Waals surface area contributed by atoms with Crippen LogP contribution in [0.5, 0.6) is 0 Å². The Hall–Kier alpha value is -1.69. The second-order valence-electron chi connectivity index (χ2n) is 3.51. The van der Waals surface area contributed by atoms with Gasteiger partial charge in [-0.1, -0.05) is 5.21 Å². The van der Waals surface area contributed by atoms with Crippen molar-refractivity contribution in [3.05, 3.63) is 30.1 Å². The lowest BCUT2D eigenvalue weighted by Gasteiger charge is -2.00. The Labute approximate surface area is 87.2 Å². The van der Waals surface area contributed by atoms with E-state index in [4.69, 9.17) is 0 Å². The van der Waals surface area contributed by atoms with Crippen molar-refractivity contribution >= 4 is 0 Å². The highest BCUT2D eigenvalue weighted by molar-refractivity contribution is 5.01. The molecule has 0 aromatic carbocycles. The second kappa shape index (κ2) is 3.82. The number of aliphatic hydroxyl groups excluding tert-OH is 1. The topological polar surface area (TPSA) is 68.8 Å². The van der Waals surface area contributed by atoms with Crippen LogP contribution in [0.2, 0.25) is 0 Å². The molecule has 2 aromatic rings. The summed E-state index contributed by atoms with van der Waals surface area (Å²) in [5, 5.41) is 17.1. The van der Waals surface area contributed by atoms with Gasteiger partial charge in [-0.15, -0.1) is 5.10 Å². The molecule has 0 aliphatic carbocycles. The molecule has 15 heavy (non-hydrogen) atoms. The van der Waals surface area contributed by atoms with E-state index in [1.165, 1.54) is 0 Å². The Morgan fingerprint density at radius 3 is 2.87 bits per heavy atom. The van der Waals surface area contributed by atoms with Gasteiger partial charge < -0.3 is 9.67 Å². The molecule has 0 bridgehead atoms. The molecule has 0 fully saturated rings. The van der Waals surface area contributed by atoms with Crippen LogP contribution in [0.4, 0.5) is 0 Å². The molecule has 0 saturated heterocycles. The zero-order chi connectivity index (χ0) is 10.8. The Kier molecular flexibility index (Phi) is 2.51. The smallest absolute Gasteiger partial charge is 0.111 e. The summed E-state index contributed by atoms with van der Waals surface area (Å²) in [6, 6.07) is 0. The van der Waals surface area contributed by atoms with Gasteiger partial charge in [0.2, 0.25) is 0 Å². The summed E-state index contributed by atoms with van der Waals surface area (Å²) < 4.78 is 3.60. The summed E-state index contributed by atoms with van der Waals surface area (Å²) in [4.78, 5) is 4.01. The van der Waals surface area contributed by atoms with Crippen molar-refractivity contribution in [3.63, 3.8) is 0 Å². The molecule has 2 rings (SSSR count). The van der Waals surface area contributed by atoms with Crippen molar-refractivity contribution in [2.24, 2.45) is 7.05 Å². The van der Waals surface area contributed by atoms with Crippen LogP contribution in [0.3, 0.4) is 0 Å². The summed E-state index contributed by atoms with van der Waals surface area (Å²) >= 11 is 0. The third kappa shape index (κ3) is 2.04. The predicted octanol–water partition coefficient (Wildman–Crippen LogP) is 0.113. The molecule has 0 saturated carbocycles. The molecule has 1 unspecified atom stereocenters. The van der Waals surface area contributed by atoms with Crippen LogP contribution in [0, 0.1) is 0 Å². The Bertz CT molecular complexity index is 445. The quantitative estimate of drug-likeness (QED) is 0.775. The maximum absolute atomic E-state index is 9.28. The van der Waals surface area contributed by atoms with Crippen molar-refractivity contribution in [2.45, 2.75) is 19.6 Å². The van der Waals surface area contributed by atoms with E-state index in [0.29, 0.717) is 12.2 Å². The lowest BCUT2D eigenvalue weighted by Crippen LogP contribution is -2.04. The first kappa shape index (κ1) is 9.85. The van der Waals surface area contributed by atoms with E-state index in [1.54, 1.807) is 30.3 Å². The molecular formula is C9H13N5O. The van der Waals surface area contributed by atoms with Gasteiger partial charge >= 0.3 is 0 Å². The van der Waals surface area contributed by atoms with Crippen molar-refractivity contribution in [1.82, 2.24) is 24.5 Å². The molecule has 1 atom stereocenters. The third-order valence-corrected chi connectivity index (χ3v) is 2.22. The van der Waals surface area contributed by atoms with Crippen molar-refractivity contribution in [3.8, 4) is 0 Å². The summed E-state index contributed by atoms with van der Waals surface area (Å²) in [5.41, 5.74) is 1.62. The fraction of sp³-hybridized carbons (Fsp3) is 0.444. The van der Waals surface area contributed by atoms with Crippen LogP contribution in [-0.2, 0) is 13.6 Å². The molecule has 2 aromatic heterocycles. The van der Waals surface area contributed by atoms with Gasteiger partial charge in [-0.25, -0.2) is 9.67 Å². The van der Waals surface area contributed by atoms with E-state index in [1.807, 2.05) is 11.6 Å². The predicted molar refractivity (Wildman–Crippen MR) is 53.0 cm³/mol. The highest BCUT2D eigenvalue weighted by Crippen LogP contribution is 2.07. The number of nitrogens with zero attached hydrogens (tertiary/aromatic N) is 5. The maximum atomic E-state index is 9.28. The van der Waals surface area contributed by atoms with Gasteiger partial charge in [-0.2, -0.15) is 0 Å². The molecule has 0 aliphatic heterocycles. The SMILES string of the molecule is CC(O)c1cn(Cc2cncn2C)nn1. The normalized spacial score (nSPS) is 13.0. The molecule has 1 N–H and O–H groups in total. The Morgan fingerprint density at radius 2 is 2.33 bits per heavy atom. The zero-order valence-electron chi connectivity index (χ0n) is 8.70. The fourth-order valence-electron chi connectivity index (χ4n) is 1.29. The van der Waals surface area contributed by atoms with Gasteiger partial charge in [0.15, 0.2) is 0 Å². The van der Waals surface area contributed by atoms with Crippen LogP contribution < -0.4 is 0 Å². The molecule has 80 valence electrons. The third-order valence-electron chi connectivity index (χ3n) is 2.22. The van der Waals surface area contributed by atoms with Gasteiger partial charge in [0.1, 0.15) is 5.69 Å². The van der Waals surface area contributed by atoms with Crippen LogP contribution in [0.15, 0.2) is 18.7 Å². The molecule has 0 aliphatic rings. The first-order chi connectivity index (χ1) is 7.16. The van der Waals surface area contributed by atoms with E-state index in [0.717, 1.165) is 5.69 Å². The fourth-order valence-corrected chi connectivity index (χ4v) is 1.29. The van der Waals surface area contributed by atoms with Gasteiger partial charge in [-0.05, 0) is 6.92 Å². The highest BCUT2D eigenvalue weighted by Gasteiger charge is 2.07. The molecule has 0 radical (unpaired) electrons. The first-order valence-electron chi connectivity index (χ1n) is 4.70. The molecular weight excluding hydrogens is 194 g/mol. The van der Waals surface area contributed by atoms with Crippen LogP contribution >= 0.6 is 0 Å². The number of rotatable bonds is 3. The standard InChI is InChI=1S/C9H13N5O/c1-7(15)9-5-14(12-11-9)4-8-3-10-6-13(8)2/h3,5-7,15H,4H2,1-2H3. The molecule has 6 nitrogen and oxygen atoms in total. The average Bonchev–Trinajstić information content (AvgIpc) is 2.77. The summed E-state index contributed by atoms with van der Waals surface area (Å²) in [6.07, 6.45) is 4.67. The van der Waals surface area contributed by atoms with Crippen LogP contribution in [0.25, 0.3) is 0 Å². The van der Waals surface area contributed by atoms with Gasteiger partial charge in [0.25, 0.3) is 0 Å². The minimum absolute atomic E-state index is 0.578. The monoisotopic (exact) mass is 207 g/mol. The zero-order valence-corrected chi connectivity index (χ0v) is 8.70. The maximum Gasteiger partial charge on any atom is 0.111 e. The van der Waals surface area contributed by atoms with E-state index >= 15 is 0 Å². The summed E-state index contributed by atoms with van der Waals surface area (Å²) in [6.45, 7) is 2.27. The van der Waals surface area contributed by atoms with E-state index < -0.39 is 6.10 Å². The average molecular weight is 207 g/mol. The lowest BCUT2D eigenvalue weighted by atomic mass is 10.3.